The van der Waals surface area contributed by atoms with Crippen molar-refractivity contribution >= 4 is 27.0 Å². The van der Waals surface area contributed by atoms with Gasteiger partial charge in [0.2, 0.25) is 15.9 Å². The van der Waals surface area contributed by atoms with E-state index >= 15 is 0 Å². The number of benzene rings is 1. The molecule has 2 aliphatic rings. The van der Waals surface area contributed by atoms with Crippen LogP contribution in [0.3, 0.4) is 0 Å². The molecule has 170 valence electrons. The van der Waals surface area contributed by atoms with E-state index in [0.717, 1.165) is 49.4 Å². The Morgan fingerprint density at radius 3 is 2.55 bits per heavy atom. The van der Waals surface area contributed by atoms with Gasteiger partial charge in [0.15, 0.2) is 0 Å². The number of fused-ring (bicyclic) bond motifs is 1. The Bertz CT molecular complexity index is 1030. The summed E-state index contributed by atoms with van der Waals surface area (Å²) in [5.41, 5.74) is 1.55. The highest BCUT2D eigenvalue weighted by atomic mass is 32.2. The van der Waals surface area contributed by atoms with Crippen molar-refractivity contribution in [2.75, 3.05) is 13.1 Å². The number of rotatable bonds is 6. The van der Waals surface area contributed by atoms with Crippen LogP contribution in [0.15, 0.2) is 23.1 Å². The fraction of sp³-hybridized carbons (Fsp3) is 0.652. The maximum atomic E-state index is 13.0. The van der Waals surface area contributed by atoms with Gasteiger partial charge < -0.3 is 9.88 Å². The van der Waals surface area contributed by atoms with Gasteiger partial charge in [0.25, 0.3) is 0 Å². The Kier molecular flexibility index (Phi) is 6.67. The standard InChI is InChI=1S/C23H34N4O3S/c1-17-6-8-18(9-7-17)24-23(28)13-12-22-25-20-16-19(10-11-21(20)26(22)2)31(29,30)27-14-4-3-5-15-27/h10-11,16-18H,3-9,12-15H2,1-2H3,(H,24,28). The zero-order valence-electron chi connectivity index (χ0n) is 18.6. The van der Waals surface area contributed by atoms with Crippen molar-refractivity contribution in [2.24, 2.45) is 13.0 Å². The molecule has 0 spiro atoms. The van der Waals surface area contributed by atoms with E-state index in [1.54, 1.807) is 16.4 Å². The summed E-state index contributed by atoms with van der Waals surface area (Å²) in [6.07, 6.45) is 8.32. The number of nitrogens with one attached hydrogen (secondary N) is 1. The molecule has 1 aliphatic heterocycles. The fourth-order valence-corrected chi connectivity index (χ4v) is 6.34. The normalized spacial score (nSPS) is 23.2. The molecule has 1 aromatic heterocycles. The summed E-state index contributed by atoms with van der Waals surface area (Å²) in [6, 6.07) is 5.47. The maximum Gasteiger partial charge on any atom is 0.243 e. The second-order valence-corrected chi connectivity index (χ2v) is 11.2. The molecule has 2 fully saturated rings. The van der Waals surface area contributed by atoms with E-state index in [9.17, 15) is 13.2 Å². The summed E-state index contributed by atoms with van der Waals surface area (Å²) in [4.78, 5) is 17.4. The number of carbonyl (C=O) groups is 1. The molecule has 1 amide bonds. The number of carbonyl (C=O) groups excluding carboxylic acids is 1. The van der Waals surface area contributed by atoms with Gasteiger partial charge in [-0.05, 0) is 62.6 Å². The van der Waals surface area contributed by atoms with Crippen molar-refractivity contribution in [3.8, 4) is 0 Å². The highest BCUT2D eigenvalue weighted by molar-refractivity contribution is 7.89. The zero-order valence-corrected chi connectivity index (χ0v) is 19.5. The lowest BCUT2D eigenvalue weighted by atomic mass is 9.87. The second kappa shape index (κ2) is 9.28. The Labute approximate surface area is 185 Å². The molecule has 0 radical (unpaired) electrons. The van der Waals surface area contributed by atoms with Crippen LogP contribution in [0.25, 0.3) is 11.0 Å². The molecule has 7 nitrogen and oxygen atoms in total. The SMILES string of the molecule is CC1CCC(NC(=O)CCc2nc3cc(S(=O)(=O)N4CCCCC4)ccc3n2C)CC1. The van der Waals surface area contributed by atoms with Crippen LogP contribution in [-0.2, 0) is 28.3 Å². The van der Waals surface area contributed by atoms with Gasteiger partial charge in [-0.2, -0.15) is 4.31 Å². The van der Waals surface area contributed by atoms with E-state index < -0.39 is 10.0 Å². The van der Waals surface area contributed by atoms with E-state index in [1.807, 2.05) is 17.7 Å². The Morgan fingerprint density at radius 1 is 1.13 bits per heavy atom. The van der Waals surface area contributed by atoms with Crippen molar-refractivity contribution in [1.29, 1.82) is 0 Å². The van der Waals surface area contributed by atoms with Crippen molar-refractivity contribution < 1.29 is 13.2 Å². The van der Waals surface area contributed by atoms with Gasteiger partial charge in [0, 0.05) is 39.0 Å². The first kappa shape index (κ1) is 22.3. The molecule has 1 saturated heterocycles. The van der Waals surface area contributed by atoms with Crippen molar-refractivity contribution in [3.05, 3.63) is 24.0 Å². The Hall–Kier alpha value is -1.93. The Balaban J connectivity index is 1.43. The largest absolute Gasteiger partial charge is 0.353 e. The van der Waals surface area contributed by atoms with Gasteiger partial charge in [-0.3, -0.25) is 4.79 Å². The van der Waals surface area contributed by atoms with Crippen LogP contribution in [0.4, 0.5) is 0 Å². The third kappa shape index (κ3) is 4.95. The Morgan fingerprint density at radius 2 is 1.84 bits per heavy atom. The second-order valence-electron chi connectivity index (χ2n) is 9.23. The molecule has 0 atom stereocenters. The van der Waals surface area contributed by atoms with Crippen molar-refractivity contribution in [2.45, 2.75) is 75.6 Å². The number of aromatic nitrogens is 2. The van der Waals surface area contributed by atoms with Crippen molar-refractivity contribution in [3.63, 3.8) is 0 Å². The number of amides is 1. The molecule has 1 saturated carbocycles. The van der Waals surface area contributed by atoms with Crippen LogP contribution >= 0.6 is 0 Å². The first-order valence-corrected chi connectivity index (χ1v) is 13.0. The predicted octanol–water partition coefficient (Wildman–Crippen LogP) is 3.38. The minimum Gasteiger partial charge on any atom is -0.353 e. The third-order valence-corrected chi connectivity index (χ3v) is 8.75. The number of nitrogens with zero attached hydrogens (tertiary/aromatic N) is 3. The van der Waals surface area contributed by atoms with Crippen LogP contribution in [0, 0.1) is 5.92 Å². The van der Waals surface area contributed by atoms with E-state index in [2.05, 4.69) is 17.2 Å². The summed E-state index contributed by atoms with van der Waals surface area (Å²) >= 11 is 0. The summed E-state index contributed by atoms with van der Waals surface area (Å²) < 4.78 is 29.5. The van der Waals surface area contributed by atoms with Crippen molar-refractivity contribution in [1.82, 2.24) is 19.2 Å². The summed E-state index contributed by atoms with van der Waals surface area (Å²) in [5.74, 6) is 1.63. The molecule has 4 rings (SSSR count). The monoisotopic (exact) mass is 446 g/mol. The lowest BCUT2D eigenvalue weighted by molar-refractivity contribution is -0.122. The number of piperidine rings is 1. The van der Waals surface area contributed by atoms with E-state index in [-0.39, 0.29) is 5.91 Å². The van der Waals surface area contributed by atoms with Gasteiger partial charge in [0.05, 0.1) is 15.9 Å². The van der Waals surface area contributed by atoms with E-state index in [4.69, 9.17) is 0 Å². The van der Waals surface area contributed by atoms with Crippen LogP contribution in [0.1, 0.15) is 64.1 Å². The number of imidazole rings is 1. The molecular formula is C23H34N4O3S. The first-order chi connectivity index (χ1) is 14.8. The molecule has 1 aromatic carbocycles. The minimum absolute atomic E-state index is 0.0694. The molecule has 0 bridgehead atoms. The fourth-order valence-electron chi connectivity index (χ4n) is 4.80. The summed E-state index contributed by atoms with van der Waals surface area (Å²) in [5, 5.41) is 3.17. The summed E-state index contributed by atoms with van der Waals surface area (Å²) in [6.45, 7) is 3.44. The molecule has 1 aliphatic carbocycles. The van der Waals surface area contributed by atoms with Crippen LogP contribution in [0.5, 0.6) is 0 Å². The lowest BCUT2D eigenvalue weighted by Crippen LogP contribution is -2.37. The highest BCUT2D eigenvalue weighted by Gasteiger charge is 2.26. The molecule has 8 heteroatoms. The number of aryl methyl sites for hydroxylation is 2. The average Bonchev–Trinajstić information content (AvgIpc) is 3.09. The summed E-state index contributed by atoms with van der Waals surface area (Å²) in [7, 11) is -1.56. The highest BCUT2D eigenvalue weighted by Crippen LogP contribution is 2.25. The molecule has 2 heterocycles. The van der Waals surface area contributed by atoms with E-state index in [1.165, 1.54) is 12.8 Å². The molecule has 2 aromatic rings. The first-order valence-electron chi connectivity index (χ1n) is 11.6. The molecule has 31 heavy (non-hydrogen) atoms. The minimum atomic E-state index is -3.48. The lowest BCUT2D eigenvalue weighted by Gasteiger charge is -2.26. The number of hydrogen-bond acceptors (Lipinski definition) is 4. The van der Waals surface area contributed by atoms with Gasteiger partial charge >= 0.3 is 0 Å². The van der Waals surface area contributed by atoms with Crippen LogP contribution in [0.2, 0.25) is 0 Å². The molecule has 0 unspecified atom stereocenters. The van der Waals surface area contributed by atoms with Crippen LogP contribution < -0.4 is 5.32 Å². The smallest absolute Gasteiger partial charge is 0.243 e. The third-order valence-electron chi connectivity index (χ3n) is 6.85. The van der Waals surface area contributed by atoms with Crippen LogP contribution in [-0.4, -0.2) is 47.3 Å². The molecule has 1 N–H and O–H groups in total. The van der Waals surface area contributed by atoms with Gasteiger partial charge in [0.1, 0.15) is 5.82 Å². The molecular weight excluding hydrogens is 412 g/mol. The maximum absolute atomic E-state index is 13.0. The number of sulfonamides is 1. The van der Waals surface area contributed by atoms with Gasteiger partial charge in [-0.15, -0.1) is 0 Å². The quantitative estimate of drug-likeness (QED) is 0.737. The topological polar surface area (TPSA) is 84.3 Å². The van der Waals surface area contributed by atoms with Gasteiger partial charge in [-0.25, -0.2) is 13.4 Å². The van der Waals surface area contributed by atoms with E-state index in [0.29, 0.717) is 42.4 Å². The average molecular weight is 447 g/mol. The zero-order chi connectivity index (χ0) is 22.0. The van der Waals surface area contributed by atoms with Gasteiger partial charge in [-0.1, -0.05) is 13.3 Å². The number of hydrogen-bond donors (Lipinski definition) is 1. The predicted molar refractivity (Wildman–Crippen MR) is 121 cm³/mol.